The maximum atomic E-state index is 12.9. The third-order valence-electron chi connectivity index (χ3n) is 5.65. The van der Waals surface area contributed by atoms with Crippen LogP contribution in [0, 0.1) is 5.92 Å². The molecule has 1 aromatic rings. The van der Waals surface area contributed by atoms with Gasteiger partial charge in [0.15, 0.2) is 0 Å². The number of nitrogens with two attached hydrogens (primary N) is 1. The minimum Gasteiger partial charge on any atom is -0.339 e. The van der Waals surface area contributed by atoms with E-state index in [1.165, 1.54) is 6.42 Å². The molecule has 1 atom stereocenters. The van der Waals surface area contributed by atoms with Crippen molar-refractivity contribution in [3.63, 3.8) is 0 Å². The van der Waals surface area contributed by atoms with E-state index in [1.807, 2.05) is 35.2 Å². The zero-order valence-electron chi connectivity index (χ0n) is 15.1. The largest absolute Gasteiger partial charge is 0.339 e. The number of amides is 2. The molecule has 136 valence electrons. The highest BCUT2D eigenvalue weighted by molar-refractivity contribution is 5.87. The van der Waals surface area contributed by atoms with E-state index in [2.05, 4.69) is 0 Å². The molecule has 5 heteroatoms. The van der Waals surface area contributed by atoms with Crippen LogP contribution in [0.2, 0.25) is 0 Å². The lowest BCUT2D eigenvalue weighted by Gasteiger charge is -2.40. The summed E-state index contributed by atoms with van der Waals surface area (Å²) in [6.07, 6.45) is 5.62. The quantitative estimate of drug-likeness (QED) is 0.914. The van der Waals surface area contributed by atoms with Gasteiger partial charge in [-0.2, -0.15) is 0 Å². The van der Waals surface area contributed by atoms with E-state index in [-0.39, 0.29) is 17.7 Å². The van der Waals surface area contributed by atoms with Crippen molar-refractivity contribution < 1.29 is 9.59 Å². The Hall–Kier alpha value is -1.88. The molecule has 1 heterocycles. The van der Waals surface area contributed by atoms with Crippen molar-refractivity contribution in [3.05, 3.63) is 35.9 Å². The van der Waals surface area contributed by atoms with Crippen LogP contribution in [0.5, 0.6) is 0 Å². The smallest absolute Gasteiger partial charge is 0.247 e. The van der Waals surface area contributed by atoms with Gasteiger partial charge in [0, 0.05) is 32.1 Å². The number of carbonyl (C=O) groups excluding carboxylic acids is 2. The van der Waals surface area contributed by atoms with Crippen LogP contribution in [0.25, 0.3) is 0 Å². The van der Waals surface area contributed by atoms with E-state index in [4.69, 9.17) is 5.73 Å². The van der Waals surface area contributed by atoms with Gasteiger partial charge in [0.1, 0.15) is 5.54 Å². The zero-order chi connectivity index (χ0) is 17.9. The highest BCUT2D eigenvalue weighted by Crippen LogP contribution is 2.26. The number of hydrogen-bond acceptors (Lipinski definition) is 3. The van der Waals surface area contributed by atoms with Gasteiger partial charge in [-0.1, -0.05) is 49.6 Å². The lowest BCUT2D eigenvalue weighted by molar-refractivity contribution is -0.145. The fourth-order valence-corrected chi connectivity index (χ4v) is 3.97. The number of carbonyl (C=O) groups is 2. The van der Waals surface area contributed by atoms with Crippen LogP contribution in [-0.4, -0.2) is 47.8 Å². The molecular formula is C20H29N3O2. The monoisotopic (exact) mass is 343 g/mol. The molecule has 0 bridgehead atoms. The minimum absolute atomic E-state index is 0.0662. The van der Waals surface area contributed by atoms with Crippen LogP contribution in [0.15, 0.2) is 30.3 Å². The first-order valence-electron chi connectivity index (χ1n) is 9.42. The van der Waals surface area contributed by atoms with Crippen molar-refractivity contribution in [1.29, 1.82) is 0 Å². The summed E-state index contributed by atoms with van der Waals surface area (Å²) >= 11 is 0. The molecule has 2 amide bonds. The topological polar surface area (TPSA) is 66.6 Å². The summed E-state index contributed by atoms with van der Waals surface area (Å²) in [6, 6.07) is 9.49. The molecule has 1 saturated carbocycles. The first-order chi connectivity index (χ1) is 12.0. The Morgan fingerprint density at radius 2 is 1.52 bits per heavy atom. The summed E-state index contributed by atoms with van der Waals surface area (Å²) in [5.74, 6) is 0.411. The maximum absolute atomic E-state index is 12.9. The van der Waals surface area contributed by atoms with E-state index in [9.17, 15) is 9.59 Å². The van der Waals surface area contributed by atoms with Gasteiger partial charge >= 0.3 is 0 Å². The highest BCUT2D eigenvalue weighted by atomic mass is 16.2. The van der Waals surface area contributed by atoms with Gasteiger partial charge in [0.2, 0.25) is 11.8 Å². The Morgan fingerprint density at radius 1 is 0.960 bits per heavy atom. The molecule has 1 saturated heterocycles. The Kier molecular flexibility index (Phi) is 5.42. The van der Waals surface area contributed by atoms with Crippen LogP contribution in [-0.2, 0) is 15.1 Å². The van der Waals surface area contributed by atoms with Gasteiger partial charge in [-0.25, -0.2) is 0 Å². The predicted octanol–water partition coefficient (Wildman–Crippen LogP) is 2.11. The molecule has 2 aliphatic rings. The van der Waals surface area contributed by atoms with Crippen LogP contribution in [0.1, 0.15) is 44.6 Å². The summed E-state index contributed by atoms with van der Waals surface area (Å²) in [4.78, 5) is 29.3. The summed E-state index contributed by atoms with van der Waals surface area (Å²) in [6.45, 7) is 4.13. The van der Waals surface area contributed by atoms with Crippen molar-refractivity contribution >= 4 is 11.8 Å². The van der Waals surface area contributed by atoms with Gasteiger partial charge in [0.25, 0.3) is 0 Å². The highest BCUT2D eigenvalue weighted by Gasteiger charge is 2.37. The molecule has 1 unspecified atom stereocenters. The standard InChI is InChI=1S/C20H29N3O2/c1-20(21,17-10-6-3-7-11-17)19(25)23-14-12-22(13-15-23)18(24)16-8-4-2-5-9-16/h3,6-7,10-11,16H,2,4-5,8-9,12-15,21H2,1H3. The van der Waals surface area contributed by atoms with Crippen LogP contribution in [0.3, 0.4) is 0 Å². The van der Waals surface area contributed by atoms with Crippen molar-refractivity contribution in [1.82, 2.24) is 9.80 Å². The third-order valence-corrected chi connectivity index (χ3v) is 5.65. The predicted molar refractivity (Wildman–Crippen MR) is 97.7 cm³/mol. The number of piperazine rings is 1. The van der Waals surface area contributed by atoms with Crippen molar-refractivity contribution in [2.75, 3.05) is 26.2 Å². The molecule has 1 aliphatic carbocycles. The average molecular weight is 343 g/mol. The molecule has 3 rings (SSSR count). The van der Waals surface area contributed by atoms with Crippen LogP contribution < -0.4 is 5.73 Å². The fraction of sp³-hybridized carbons (Fsp3) is 0.600. The van der Waals surface area contributed by atoms with E-state index >= 15 is 0 Å². The molecule has 5 nitrogen and oxygen atoms in total. The second-order valence-electron chi connectivity index (χ2n) is 7.52. The van der Waals surface area contributed by atoms with Crippen molar-refractivity contribution in [3.8, 4) is 0 Å². The maximum Gasteiger partial charge on any atom is 0.247 e. The SMILES string of the molecule is CC(N)(C(=O)N1CCN(C(=O)C2CCCCC2)CC1)c1ccccc1. The molecule has 2 fully saturated rings. The van der Waals surface area contributed by atoms with Gasteiger partial charge in [-0.15, -0.1) is 0 Å². The van der Waals surface area contributed by atoms with Crippen LogP contribution in [0.4, 0.5) is 0 Å². The number of rotatable bonds is 3. The minimum atomic E-state index is -1.03. The molecule has 25 heavy (non-hydrogen) atoms. The van der Waals surface area contributed by atoms with Crippen molar-refractivity contribution in [2.45, 2.75) is 44.6 Å². The number of nitrogens with zero attached hydrogens (tertiary/aromatic N) is 2. The Labute approximate surface area is 150 Å². The molecule has 0 spiro atoms. The second kappa shape index (κ2) is 7.56. The molecule has 1 aromatic carbocycles. The Morgan fingerprint density at radius 3 is 2.12 bits per heavy atom. The van der Waals surface area contributed by atoms with E-state index < -0.39 is 5.54 Å². The van der Waals surface area contributed by atoms with E-state index in [1.54, 1.807) is 11.8 Å². The second-order valence-corrected chi connectivity index (χ2v) is 7.52. The summed E-state index contributed by atoms with van der Waals surface area (Å²) in [5, 5.41) is 0. The van der Waals surface area contributed by atoms with E-state index in [0.29, 0.717) is 26.2 Å². The fourth-order valence-electron chi connectivity index (χ4n) is 3.97. The summed E-state index contributed by atoms with van der Waals surface area (Å²) < 4.78 is 0. The van der Waals surface area contributed by atoms with E-state index in [0.717, 1.165) is 31.2 Å². The molecular weight excluding hydrogens is 314 g/mol. The summed E-state index contributed by atoms with van der Waals surface area (Å²) in [5.41, 5.74) is 6.14. The molecule has 0 radical (unpaired) electrons. The van der Waals surface area contributed by atoms with Gasteiger partial charge in [-0.3, -0.25) is 9.59 Å². The van der Waals surface area contributed by atoms with Gasteiger partial charge < -0.3 is 15.5 Å². The number of benzene rings is 1. The first kappa shape index (κ1) is 17.9. The lowest BCUT2D eigenvalue weighted by atomic mass is 9.88. The number of hydrogen-bond donors (Lipinski definition) is 1. The Bertz CT molecular complexity index is 601. The Balaban J connectivity index is 1.58. The normalized spacial score (nSPS) is 21.7. The van der Waals surface area contributed by atoms with Crippen LogP contribution >= 0.6 is 0 Å². The molecule has 2 N–H and O–H groups in total. The first-order valence-corrected chi connectivity index (χ1v) is 9.42. The lowest BCUT2D eigenvalue weighted by Crippen LogP contribution is -2.58. The van der Waals surface area contributed by atoms with Crippen molar-refractivity contribution in [2.24, 2.45) is 11.7 Å². The average Bonchev–Trinajstić information content (AvgIpc) is 2.68. The van der Waals surface area contributed by atoms with Gasteiger partial charge in [-0.05, 0) is 25.3 Å². The summed E-state index contributed by atoms with van der Waals surface area (Å²) in [7, 11) is 0. The third kappa shape index (κ3) is 3.87. The molecule has 0 aromatic heterocycles. The zero-order valence-corrected chi connectivity index (χ0v) is 15.1. The molecule has 1 aliphatic heterocycles. The van der Waals surface area contributed by atoms with Gasteiger partial charge in [0.05, 0.1) is 0 Å².